The number of fused-ring (bicyclic) bond motifs is 1. The van der Waals surface area contributed by atoms with Crippen molar-refractivity contribution < 1.29 is 29.2 Å². The predicted octanol–water partition coefficient (Wildman–Crippen LogP) is 2.41. The molecular weight excluding hydrogens is 372 g/mol. The SMILES string of the molecule is CC1(C)O[C@@H]2[C@H](O1)[C@@H](OCc1ccccc1)[C@@H](O)[C@@H](O)[C@@H]2OCc1ccccc1. The lowest BCUT2D eigenvalue weighted by molar-refractivity contribution is -0.223. The first kappa shape index (κ1) is 20.5. The van der Waals surface area contributed by atoms with Crippen LogP contribution in [0.5, 0.6) is 0 Å². The highest BCUT2D eigenvalue weighted by Gasteiger charge is 2.58. The molecule has 0 spiro atoms. The van der Waals surface area contributed by atoms with E-state index in [1.165, 1.54) is 0 Å². The minimum absolute atomic E-state index is 0.303. The molecule has 1 heterocycles. The Hall–Kier alpha value is -1.80. The van der Waals surface area contributed by atoms with Gasteiger partial charge in [0.2, 0.25) is 0 Å². The molecule has 6 heteroatoms. The minimum atomic E-state index is -1.15. The number of aliphatic hydroxyl groups is 2. The third kappa shape index (κ3) is 4.53. The van der Waals surface area contributed by atoms with E-state index >= 15 is 0 Å². The number of aliphatic hydroxyl groups excluding tert-OH is 2. The Labute approximate surface area is 171 Å². The van der Waals surface area contributed by atoms with Crippen molar-refractivity contribution in [3.63, 3.8) is 0 Å². The van der Waals surface area contributed by atoms with E-state index in [4.69, 9.17) is 18.9 Å². The molecule has 4 rings (SSSR count). The predicted molar refractivity (Wildman–Crippen MR) is 106 cm³/mol. The fourth-order valence-corrected chi connectivity index (χ4v) is 4.02. The van der Waals surface area contributed by atoms with Gasteiger partial charge in [-0.25, -0.2) is 0 Å². The monoisotopic (exact) mass is 400 g/mol. The van der Waals surface area contributed by atoms with E-state index in [1.54, 1.807) is 0 Å². The van der Waals surface area contributed by atoms with Crippen molar-refractivity contribution in [1.82, 2.24) is 0 Å². The Morgan fingerprint density at radius 3 is 1.48 bits per heavy atom. The van der Waals surface area contributed by atoms with Crippen LogP contribution in [0.3, 0.4) is 0 Å². The first-order valence-electron chi connectivity index (χ1n) is 9.97. The molecule has 0 unspecified atom stereocenters. The van der Waals surface area contributed by atoms with Crippen molar-refractivity contribution in [2.75, 3.05) is 0 Å². The lowest BCUT2D eigenvalue weighted by Gasteiger charge is -2.43. The van der Waals surface area contributed by atoms with E-state index in [-0.39, 0.29) is 0 Å². The summed E-state index contributed by atoms with van der Waals surface area (Å²) in [4.78, 5) is 0. The third-order valence-electron chi connectivity index (χ3n) is 5.40. The average Bonchev–Trinajstić information content (AvgIpc) is 3.04. The van der Waals surface area contributed by atoms with Crippen molar-refractivity contribution in [3.8, 4) is 0 Å². The molecule has 0 aromatic heterocycles. The summed E-state index contributed by atoms with van der Waals surface area (Å²) in [5.41, 5.74) is 1.96. The van der Waals surface area contributed by atoms with Gasteiger partial charge >= 0.3 is 0 Å². The molecule has 6 atom stereocenters. The molecule has 1 aliphatic carbocycles. The standard InChI is InChI=1S/C23H28O6/c1-23(2)28-21-19(26-13-15-9-5-3-6-10-15)17(24)18(25)20(22(21)29-23)27-14-16-11-7-4-8-12-16/h3-12,17-22,24-25H,13-14H2,1-2H3/t17-,18+,19-,20-,21+,22-/m0/s1. The number of benzene rings is 2. The van der Waals surface area contributed by atoms with Crippen LogP contribution in [-0.4, -0.2) is 52.6 Å². The van der Waals surface area contributed by atoms with E-state index in [9.17, 15) is 10.2 Å². The third-order valence-corrected chi connectivity index (χ3v) is 5.40. The molecule has 6 nitrogen and oxygen atoms in total. The summed E-state index contributed by atoms with van der Waals surface area (Å²) in [6.07, 6.45) is -4.86. The van der Waals surface area contributed by atoms with E-state index in [0.717, 1.165) is 11.1 Å². The molecule has 2 aromatic rings. The normalized spacial score (nSPS) is 33.4. The van der Waals surface area contributed by atoms with Crippen LogP contribution in [0.4, 0.5) is 0 Å². The number of hydrogen-bond acceptors (Lipinski definition) is 6. The zero-order chi connectivity index (χ0) is 20.4. The first-order chi connectivity index (χ1) is 13.9. The summed E-state index contributed by atoms with van der Waals surface area (Å²) in [7, 11) is 0. The summed E-state index contributed by atoms with van der Waals surface area (Å²) >= 11 is 0. The highest BCUT2D eigenvalue weighted by atomic mass is 16.8. The Morgan fingerprint density at radius 2 is 1.10 bits per heavy atom. The first-order valence-corrected chi connectivity index (χ1v) is 9.97. The summed E-state index contributed by atoms with van der Waals surface area (Å²) < 4.78 is 24.1. The van der Waals surface area contributed by atoms with Crippen LogP contribution in [0.15, 0.2) is 60.7 Å². The largest absolute Gasteiger partial charge is 0.387 e. The molecule has 29 heavy (non-hydrogen) atoms. The highest BCUT2D eigenvalue weighted by molar-refractivity contribution is 5.15. The summed E-state index contributed by atoms with van der Waals surface area (Å²) in [5, 5.41) is 21.6. The van der Waals surface area contributed by atoms with Gasteiger partial charge in [0.05, 0.1) is 13.2 Å². The molecule has 0 radical (unpaired) electrons. The number of hydrogen-bond donors (Lipinski definition) is 2. The van der Waals surface area contributed by atoms with Gasteiger partial charge in [0, 0.05) is 0 Å². The van der Waals surface area contributed by atoms with Crippen molar-refractivity contribution in [2.24, 2.45) is 0 Å². The Morgan fingerprint density at radius 1 is 0.724 bits per heavy atom. The highest BCUT2D eigenvalue weighted by Crippen LogP contribution is 2.40. The number of ether oxygens (including phenoxy) is 4. The molecular formula is C23H28O6. The second kappa shape index (κ2) is 8.52. The number of rotatable bonds is 6. The molecule has 2 aromatic carbocycles. The molecule has 2 N–H and O–H groups in total. The van der Waals surface area contributed by atoms with Crippen molar-refractivity contribution >= 4 is 0 Å². The van der Waals surface area contributed by atoms with Gasteiger partial charge in [-0.05, 0) is 25.0 Å². The van der Waals surface area contributed by atoms with Crippen molar-refractivity contribution in [2.45, 2.75) is 69.5 Å². The quantitative estimate of drug-likeness (QED) is 0.776. The lowest BCUT2D eigenvalue weighted by Crippen LogP contribution is -2.63. The van der Waals surface area contributed by atoms with Crippen LogP contribution >= 0.6 is 0 Å². The maximum Gasteiger partial charge on any atom is 0.164 e. The van der Waals surface area contributed by atoms with Gasteiger partial charge in [0.25, 0.3) is 0 Å². The Kier molecular flexibility index (Phi) is 6.01. The van der Waals surface area contributed by atoms with E-state index < -0.39 is 42.4 Å². The summed E-state index contributed by atoms with van der Waals surface area (Å²) in [6.45, 7) is 4.23. The average molecular weight is 400 g/mol. The molecule has 2 aliphatic rings. The van der Waals surface area contributed by atoms with Crippen LogP contribution < -0.4 is 0 Å². The second-order valence-electron chi connectivity index (χ2n) is 8.07. The van der Waals surface area contributed by atoms with Gasteiger partial charge in [0.1, 0.15) is 36.6 Å². The van der Waals surface area contributed by atoms with Crippen LogP contribution in [-0.2, 0) is 32.2 Å². The van der Waals surface area contributed by atoms with Gasteiger partial charge < -0.3 is 29.2 Å². The summed E-state index contributed by atoms with van der Waals surface area (Å²) in [5.74, 6) is -0.859. The molecule has 1 saturated carbocycles. The minimum Gasteiger partial charge on any atom is -0.387 e. The molecule has 0 bridgehead atoms. The van der Waals surface area contributed by atoms with Crippen LogP contribution in [0.1, 0.15) is 25.0 Å². The van der Waals surface area contributed by atoms with Crippen LogP contribution in [0.2, 0.25) is 0 Å². The molecule has 1 saturated heterocycles. The fourth-order valence-electron chi connectivity index (χ4n) is 4.02. The zero-order valence-corrected chi connectivity index (χ0v) is 16.7. The Balaban J connectivity index is 1.50. The van der Waals surface area contributed by atoms with Crippen LogP contribution in [0.25, 0.3) is 0 Å². The second-order valence-corrected chi connectivity index (χ2v) is 8.07. The molecule has 2 fully saturated rings. The van der Waals surface area contributed by atoms with Gasteiger partial charge in [0.15, 0.2) is 5.79 Å². The topological polar surface area (TPSA) is 77.4 Å². The van der Waals surface area contributed by atoms with E-state index in [2.05, 4.69) is 0 Å². The summed E-state index contributed by atoms with van der Waals surface area (Å²) in [6, 6.07) is 19.4. The zero-order valence-electron chi connectivity index (χ0n) is 16.7. The van der Waals surface area contributed by atoms with Crippen molar-refractivity contribution in [3.05, 3.63) is 71.8 Å². The van der Waals surface area contributed by atoms with Gasteiger partial charge in [-0.3, -0.25) is 0 Å². The fraction of sp³-hybridized carbons (Fsp3) is 0.478. The maximum absolute atomic E-state index is 10.8. The van der Waals surface area contributed by atoms with E-state index in [1.807, 2.05) is 74.5 Å². The lowest BCUT2D eigenvalue weighted by atomic mass is 9.84. The van der Waals surface area contributed by atoms with Crippen molar-refractivity contribution in [1.29, 1.82) is 0 Å². The van der Waals surface area contributed by atoms with Gasteiger partial charge in [-0.2, -0.15) is 0 Å². The molecule has 0 amide bonds. The van der Waals surface area contributed by atoms with E-state index in [0.29, 0.717) is 13.2 Å². The maximum atomic E-state index is 10.8. The molecule has 156 valence electrons. The van der Waals surface area contributed by atoms with Crippen LogP contribution in [0, 0.1) is 0 Å². The smallest absolute Gasteiger partial charge is 0.164 e. The Bertz CT molecular complexity index is 715. The van der Waals surface area contributed by atoms with Gasteiger partial charge in [-0.15, -0.1) is 0 Å². The van der Waals surface area contributed by atoms with Gasteiger partial charge in [-0.1, -0.05) is 60.7 Å². The molecule has 1 aliphatic heterocycles.